The molecule has 4 heteroatoms. The predicted octanol–water partition coefficient (Wildman–Crippen LogP) is 14.5. The molecule has 2 aromatic heterocycles. The van der Waals surface area contributed by atoms with Crippen LogP contribution in [0.1, 0.15) is 0 Å². The van der Waals surface area contributed by atoms with Crippen LogP contribution < -0.4 is 4.90 Å². The molecule has 0 saturated carbocycles. The van der Waals surface area contributed by atoms with Crippen LogP contribution in [-0.4, -0.2) is 9.55 Å². The minimum Gasteiger partial charge on any atom is -0.435 e. The first-order chi connectivity index (χ1) is 28.3. The molecule has 0 spiro atoms. The summed E-state index contributed by atoms with van der Waals surface area (Å²) in [6.45, 7) is 0. The van der Waals surface area contributed by atoms with Crippen LogP contribution in [0.2, 0.25) is 0 Å². The lowest BCUT2D eigenvalue weighted by Gasteiger charge is -2.28. The Bertz CT molecular complexity index is 3220. The van der Waals surface area contributed by atoms with E-state index in [-0.39, 0.29) is 0 Å². The van der Waals surface area contributed by atoms with E-state index in [1.54, 1.807) is 0 Å². The minimum absolute atomic E-state index is 0.631. The molecule has 2 heterocycles. The van der Waals surface area contributed by atoms with Crippen molar-refractivity contribution in [2.24, 2.45) is 0 Å². The number of benzene rings is 9. The summed E-state index contributed by atoms with van der Waals surface area (Å²) >= 11 is 0. The number of oxazole rings is 1. The van der Waals surface area contributed by atoms with Gasteiger partial charge in [-0.15, -0.1) is 0 Å². The summed E-state index contributed by atoms with van der Waals surface area (Å²) in [5.41, 5.74) is 14.0. The van der Waals surface area contributed by atoms with Gasteiger partial charge in [0.15, 0.2) is 5.58 Å². The van der Waals surface area contributed by atoms with Crippen LogP contribution in [0.25, 0.3) is 83.1 Å². The maximum absolute atomic E-state index is 6.42. The quantitative estimate of drug-likeness (QED) is 0.164. The van der Waals surface area contributed by atoms with Crippen LogP contribution in [0.3, 0.4) is 0 Å². The standard InChI is InChI=1S/C53H35N3O/c1-4-15-36(16-5-1)43-21-10-12-25-49(43)55(41-31-34-51-47(35-41)45-22-11-13-26-50(45)56(51)39-19-8-3-9-20-39)40-29-27-37(28-30-40)42-23-14-24-46-44(42)32-33-48-52(46)57-53(54-48)38-17-6-2-7-18-38/h1-35H. The summed E-state index contributed by atoms with van der Waals surface area (Å²) < 4.78 is 8.78. The van der Waals surface area contributed by atoms with Gasteiger partial charge in [0.2, 0.25) is 5.89 Å². The molecule has 0 unspecified atom stereocenters. The smallest absolute Gasteiger partial charge is 0.227 e. The highest BCUT2D eigenvalue weighted by Crippen LogP contribution is 2.44. The van der Waals surface area contributed by atoms with Crippen molar-refractivity contribution in [2.45, 2.75) is 0 Å². The summed E-state index contributed by atoms with van der Waals surface area (Å²) in [4.78, 5) is 7.23. The van der Waals surface area contributed by atoms with Gasteiger partial charge in [-0.2, -0.15) is 0 Å². The third kappa shape index (κ3) is 5.58. The number of fused-ring (bicyclic) bond motifs is 6. The number of hydrogen-bond acceptors (Lipinski definition) is 3. The van der Waals surface area contributed by atoms with Crippen LogP contribution in [0, 0.1) is 0 Å². The topological polar surface area (TPSA) is 34.2 Å². The van der Waals surface area contributed by atoms with Gasteiger partial charge in [0.1, 0.15) is 5.52 Å². The Kier molecular flexibility index (Phi) is 7.78. The van der Waals surface area contributed by atoms with Crippen molar-refractivity contribution in [1.29, 1.82) is 0 Å². The average molecular weight is 730 g/mol. The Hall–Kier alpha value is -7.69. The van der Waals surface area contributed by atoms with Crippen molar-refractivity contribution in [1.82, 2.24) is 9.55 Å². The molecular formula is C53H35N3O. The first-order valence-electron chi connectivity index (χ1n) is 19.3. The Balaban J connectivity index is 1.07. The Labute approximate surface area is 330 Å². The number of hydrogen-bond donors (Lipinski definition) is 0. The lowest BCUT2D eigenvalue weighted by molar-refractivity contribution is 0.623. The summed E-state index contributed by atoms with van der Waals surface area (Å²) in [5, 5.41) is 4.60. The summed E-state index contributed by atoms with van der Waals surface area (Å²) in [5.74, 6) is 0.631. The molecule has 0 atom stereocenters. The van der Waals surface area contributed by atoms with E-state index >= 15 is 0 Å². The summed E-state index contributed by atoms with van der Waals surface area (Å²) in [7, 11) is 0. The maximum Gasteiger partial charge on any atom is 0.227 e. The molecule has 11 rings (SSSR count). The summed E-state index contributed by atoms with van der Waals surface area (Å²) in [6.07, 6.45) is 0. The molecule has 0 saturated heterocycles. The number of nitrogens with zero attached hydrogens (tertiary/aromatic N) is 3. The summed E-state index contributed by atoms with van der Waals surface area (Å²) in [6, 6.07) is 75.3. The Morgan fingerprint density at radius 3 is 1.82 bits per heavy atom. The van der Waals surface area contributed by atoms with Crippen molar-refractivity contribution in [3.05, 3.63) is 212 Å². The molecule has 0 aliphatic heterocycles. The van der Waals surface area contributed by atoms with Crippen LogP contribution in [0.5, 0.6) is 0 Å². The molecule has 11 aromatic rings. The van der Waals surface area contributed by atoms with Crippen molar-refractivity contribution in [3.63, 3.8) is 0 Å². The lowest BCUT2D eigenvalue weighted by Crippen LogP contribution is -2.11. The number of anilines is 3. The molecule has 0 aliphatic rings. The molecule has 9 aromatic carbocycles. The average Bonchev–Trinajstić information content (AvgIpc) is 3.88. The van der Waals surface area contributed by atoms with Crippen molar-refractivity contribution < 1.29 is 4.42 Å². The number of aromatic nitrogens is 2. The van der Waals surface area contributed by atoms with Crippen LogP contribution in [-0.2, 0) is 0 Å². The van der Waals surface area contributed by atoms with E-state index < -0.39 is 0 Å². The minimum atomic E-state index is 0.631. The molecule has 0 aliphatic carbocycles. The fourth-order valence-corrected chi connectivity index (χ4v) is 8.40. The molecular weight excluding hydrogens is 695 g/mol. The van der Waals surface area contributed by atoms with Crippen molar-refractivity contribution in [3.8, 4) is 39.4 Å². The fourth-order valence-electron chi connectivity index (χ4n) is 8.40. The molecule has 4 nitrogen and oxygen atoms in total. The van der Waals surface area contributed by atoms with E-state index in [0.29, 0.717) is 5.89 Å². The highest BCUT2D eigenvalue weighted by Gasteiger charge is 2.20. The number of rotatable bonds is 7. The molecule has 0 radical (unpaired) electrons. The highest BCUT2D eigenvalue weighted by atomic mass is 16.3. The largest absolute Gasteiger partial charge is 0.435 e. The predicted molar refractivity (Wildman–Crippen MR) is 237 cm³/mol. The normalized spacial score (nSPS) is 11.5. The van der Waals surface area contributed by atoms with Crippen molar-refractivity contribution >= 4 is 60.7 Å². The maximum atomic E-state index is 6.42. The van der Waals surface area contributed by atoms with Crippen LogP contribution in [0.15, 0.2) is 217 Å². The zero-order valence-electron chi connectivity index (χ0n) is 31.0. The lowest BCUT2D eigenvalue weighted by atomic mass is 9.97. The molecule has 57 heavy (non-hydrogen) atoms. The molecule has 0 bridgehead atoms. The highest BCUT2D eigenvalue weighted by molar-refractivity contribution is 6.11. The van der Waals surface area contributed by atoms with Gasteiger partial charge >= 0.3 is 0 Å². The van der Waals surface area contributed by atoms with Crippen LogP contribution in [0.4, 0.5) is 17.1 Å². The van der Waals surface area contributed by atoms with Gasteiger partial charge in [0.25, 0.3) is 0 Å². The second kappa shape index (κ2) is 13.6. The molecule has 0 fully saturated rings. The van der Waals surface area contributed by atoms with Gasteiger partial charge in [-0.25, -0.2) is 4.98 Å². The Morgan fingerprint density at radius 1 is 0.404 bits per heavy atom. The number of para-hydroxylation sites is 3. The van der Waals surface area contributed by atoms with E-state index in [1.165, 1.54) is 27.4 Å². The third-order valence-corrected chi connectivity index (χ3v) is 11.0. The van der Waals surface area contributed by atoms with E-state index in [1.807, 2.05) is 30.3 Å². The monoisotopic (exact) mass is 729 g/mol. The van der Waals surface area contributed by atoms with Gasteiger partial charge in [-0.05, 0) is 94.9 Å². The third-order valence-electron chi connectivity index (χ3n) is 11.0. The fraction of sp³-hybridized carbons (Fsp3) is 0. The van der Waals surface area contributed by atoms with E-state index in [9.17, 15) is 0 Å². The van der Waals surface area contributed by atoms with Crippen LogP contribution >= 0.6 is 0 Å². The van der Waals surface area contributed by atoms with E-state index in [2.05, 4.69) is 191 Å². The molecule has 0 N–H and O–H groups in total. The van der Waals surface area contributed by atoms with E-state index in [4.69, 9.17) is 9.40 Å². The SMILES string of the molecule is c1ccc(-c2nc3ccc4c(-c5ccc(N(c6ccc7c(c6)c6ccccc6n7-c6ccccc6)c6ccccc6-c6ccccc6)cc5)cccc4c3o2)cc1. The van der Waals surface area contributed by atoms with Gasteiger partial charge in [-0.1, -0.05) is 140 Å². The zero-order chi connectivity index (χ0) is 37.7. The molecule has 0 amide bonds. The van der Waals surface area contributed by atoms with Gasteiger partial charge in [0, 0.05) is 44.3 Å². The van der Waals surface area contributed by atoms with Gasteiger partial charge in [-0.3, -0.25) is 0 Å². The van der Waals surface area contributed by atoms with Crippen molar-refractivity contribution in [2.75, 3.05) is 4.90 Å². The van der Waals surface area contributed by atoms with E-state index in [0.717, 1.165) is 66.9 Å². The first kappa shape index (κ1) is 32.7. The molecule has 268 valence electrons. The second-order valence-corrected chi connectivity index (χ2v) is 14.4. The second-order valence-electron chi connectivity index (χ2n) is 14.4. The zero-order valence-corrected chi connectivity index (χ0v) is 31.0. The first-order valence-corrected chi connectivity index (χ1v) is 19.3. The van der Waals surface area contributed by atoms with Gasteiger partial charge in [0.05, 0.1) is 16.7 Å². The van der Waals surface area contributed by atoms with Gasteiger partial charge < -0.3 is 13.9 Å². The Morgan fingerprint density at radius 2 is 1.02 bits per heavy atom.